The van der Waals surface area contributed by atoms with Crippen LogP contribution in [0.2, 0.25) is 0 Å². The summed E-state index contributed by atoms with van der Waals surface area (Å²) in [6, 6.07) is 38.2. The fourth-order valence-corrected chi connectivity index (χ4v) is 7.28. The first-order valence-corrected chi connectivity index (χ1v) is 15.8. The molecule has 8 aromatic carbocycles. The van der Waals surface area contributed by atoms with Gasteiger partial charge in [-0.15, -0.1) is 0 Å². The molecular weight excluding hydrogens is 611 g/mol. The number of halogens is 3. The first-order chi connectivity index (χ1) is 22.2. The molecule has 0 saturated carbocycles. The predicted molar refractivity (Wildman–Crippen MR) is 176 cm³/mol. The monoisotopic (exact) mass is 631 g/mol. The Kier molecular flexibility index (Phi) is 5.39. The van der Waals surface area contributed by atoms with E-state index in [2.05, 4.69) is 27.3 Å². The number of para-hydroxylation sites is 1. The maximum Gasteiger partial charge on any atom is 0.534 e. The largest absolute Gasteiger partial charge is 0.534 e. The highest BCUT2D eigenvalue weighted by atomic mass is 32.2. The molecule has 0 unspecified atom stereocenters. The number of anilines is 3. The molecule has 9 rings (SSSR count). The van der Waals surface area contributed by atoms with Gasteiger partial charge < -0.3 is 13.5 Å². The van der Waals surface area contributed by atoms with Gasteiger partial charge in [0.25, 0.3) is 0 Å². The quantitative estimate of drug-likeness (QED) is 0.107. The third kappa shape index (κ3) is 3.72. The minimum absolute atomic E-state index is 0.267. The van der Waals surface area contributed by atoms with E-state index in [4.69, 9.17) is 4.42 Å². The second-order valence-electron chi connectivity index (χ2n) is 11.3. The van der Waals surface area contributed by atoms with Crippen LogP contribution in [0.1, 0.15) is 0 Å². The molecule has 224 valence electrons. The van der Waals surface area contributed by atoms with Gasteiger partial charge in [0.2, 0.25) is 0 Å². The summed E-state index contributed by atoms with van der Waals surface area (Å²) < 4.78 is 74.7. The van der Waals surface area contributed by atoms with Crippen molar-refractivity contribution in [3.05, 3.63) is 121 Å². The molecule has 0 bridgehead atoms. The zero-order chi connectivity index (χ0) is 31.4. The maximum absolute atomic E-state index is 13.3. The Morgan fingerprint density at radius 1 is 0.543 bits per heavy atom. The lowest BCUT2D eigenvalue weighted by Gasteiger charge is -2.29. The topological polar surface area (TPSA) is 59.8 Å². The fraction of sp³-hybridized carbons (Fsp3) is 0.0270. The molecule has 0 N–H and O–H groups in total. The Hall–Kier alpha value is -5.54. The van der Waals surface area contributed by atoms with E-state index in [-0.39, 0.29) is 11.1 Å². The van der Waals surface area contributed by atoms with Crippen LogP contribution < -0.4 is 9.08 Å². The van der Waals surface area contributed by atoms with E-state index in [0.717, 1.165) is 71.3 Å². The highest BCUT2D eigenvalue weighted by molar-refractivity contribution is 7.88. The Labute approximate surface area is 259 Å². The second kappa shape index (κ2) is 9.24. The molecule has 0 radical (unpaired) electrons. The van der Waals surface area contributed by atoms with Crippen molar-refractivity contribution in [1.29, 1.82) is 0 Å². The van der Waals surface area contributed by atoms with Crippen LogP contribution in [0.5, 0.6) is 5.75 Å². The summed E-state index contributed by atoms with van der Waals surface area (Å²) >= 11 is 0. The van der Waals surface area contributed by atoms with E-state index >= 15 is 0 Å². The lowest BCUT2D eigenvalue weighted by Crippen LogP contribution is -2.28. The highest BCUT2D eigenvalue weighted by Crippen LogP contribution is 2.49. The van der Waals surface area contributed by atoms with Crippen molar-refractivity contribution in [3.8, 4) is 5.75 Å². The van der Waals surface area contributed by atoms with Crippen molar-refractivity contribution in [2.45, 2.75) is 5.51 Å². The summed E-state index contributed by atoms with van der Waals surface area (Å²) in [7, 11) is -5.87. The highest BCUT2D eigenvalue weighted by Gasteiger charge is 2.48. The molecule has 9 heteroatoms. The van der Waals surface area contributed by atoms with Gasteiger partial charge in [0, 0.05) is 38.0 Å². The third-order valence-corrected chi connectivity index (χ3v) is 9.69. The van der Waals surface area contributed by atoms with E-state index in [0.29, 0.717) is 5.39 Å². The standard InChI is InChI=1S/C37H20F3NO4S/c38-37(39,40)46(42,43)45-30-19-13-23-10-14-25-28(17-12-22-11-16-27(30)34(23)33(22)25)41(24-6-2-1-3-7-24)29-18-20-32-36-26(29)15-9-21-5-4-8-31(44-32)35(21)36/h1-20H. The lowest BCUT2D eigenvalue weighted by molar-refractivity contribution is -0.0499. The molecule has 0 aliphatic heterocycles. The van der Waals surface area contributed by atoms with Gasteiger partial charge in [0.05, 0.1) is 11.4 Å². The van der Waals surface area contributed by atoms with Gasteiger partial charge in [-0.2, -0.15) is 21.6 Å². The van der Waals surface area contributed by atoms with Crippen molar-refractivity contribution in [1.82, 2.24) is 0 Å². The van der Waals surface area contributed by atoms with Gasteiger partial charge >= 0.3 is 15.6 Å². The Bertz CT molecular complexity index is 2740. The average Bonchev–Trinajstić information content (AvgIpc) is 3.44. The van der Waals surface area contributed by atoms with Crippen LogP contribution in [0.3, 0.4) is 0 Å². The molecule has 9 aromatic rings. The Morgan fingerprint density at radius 3 is 1.83 bits per heavy atom. The molecule has 0 aliphatic carbocycles. The van der Waals surface area contributed by atoms with Crippen molar-refractivity contribution >= 4 is 92.2 Å². The van der Waals surface area contributed by atoms with Crippen LogP contribution in [0, 0.1) is 0 Å². The zero-order valence-electron chi connectivity index (χ0n) is 23.7. The summed E-state index contributed by atoms with van der Waals surface area (Å²) in [5.41, 5.74) is -1.30. The molecule has 0 amide bonds. The summed E-state index contributed by atoms with van der Waals surface area (Å²) in [5.74, 6) is -0.382. The van der Waals surface area contributed by atoms with Gasteiger partial charge in [0.1, 0.15) is 11.2 Å². The lowest BCUT2D eigenvalue weighted by atomic mass is 9.92. The first-order valence-electron chi connectivity index (χ1n) is 14.4. The molecule has 0 spiro atoms. The number of hydrogen-bond donors (Lipinski definition) is 0. The van der Waals surface area contributed by atoms with Crippen LogP contribution in [-0.2, 0) is 10.1 Å². The van der Waals surface area contributed by atoms with Crippen LogP contribution in [0.25, 0.3) is 65.0 Å². The molecule has 0 saturated heterocycles. The molecule has 1 aromatic heterocycles. The van der Waals surface area contributed by atoms with E-state index < -0.39 is 15.6 Å². The number of nitrogens with zero attached hydrogens (tertiary/aromatic N) is 1. The van der Waals surface area contributed by atoms with E-state index in [9.17, 15) is 21.6 Å². The third-order valence-electron chi connectivity index (χ3n) is 8.72. The first kappa shape index (κ1) is 26.8. The summed E-state index contributed by atoms with van der Waals surface area (Å²) in [6.07, 6.45) is 0. The fourth-order valence-electron chi connectivity index (χ4n) is 6.80. The van der Waals surface area contributed by atoms with Crippen LogP contribution >= 0.6 is 0 Å². The summed E-state index contributed by atoms with van der Waals surface area (Å²) in [5, 5.41) is 8.25. The SMILES string of the molecule is O=S(=O)(Oc1ccc2ccc3c(N(c4ccccc4)c4ccc5oc6cccc7ccc4c5c76)ccc4ccc1c2c43)C(F)(F)F. The van der Waals surface area contributed by atoms with E-state index in [1.54, 1.807) is 18.2 Å². The van der Waals surface area contributed by atoms with Crippen molar-refractivity contribution in [3.63, 3.8) is 0 Å². The van der Waals surface area contributed by atoms with E-state index in [1.807, 2.05) is 78.9 Å². The Balaban J connectivity index is 1.34. The normalized spacial score (nSPS) is 12.8. The van der Waals surface area contributed by atoms with Crippen LogP contribution in [0.15, 0.2) is 126 Å². The number of rotatable bonds is 5. The number of benzene rings is 8. The van der Waals surface area contributed by atoms with Crippen LogP contribution in [-0.4, -0.2) is 13.9 Å². The molecule has 0 fully saturated rings. The van der Waals surface area contributed by atoms with Crippen molar-refractivity contribution in [2.75, 3.05) is 4.90 Å². The van der Waals surface area contributed by atoms with Gasteiger partial charge in [-0.3, -0.25) is 0 Å². The smallest absolute Gasteiger partial charge is 0.456 e. The van der Waals surface area contributed by atoms with Gasteiger partial charge in [0.15, 0.2) is 5.75 Å². The second-order valence-corrected chi connectivity index (χ2v) is 12.8. The zero-order valence-corrected chi connectivity index (χ0v) is 24.5. The minimum atomic E-state index is -5.87. The number of hydrogen-bond acceptors (Lipinski definition) is 5. The average molecular weight is 632 g/mol. The van der Waals surface area contributed by atoms with Crippen molar-refractivity contribution in [2.24, 2.45) is 0 Å². The van der Waals surface area contributed by atoms with E-state index in [1.165, 1.54) is 6.07 Å². The molecule has 5 nitrogen and oxygen atoms in total. The van der Waals surface area contributed by atoms with Crippen LogP contribution in [0.4, 0.5) is 30.2 Å². The summed E-state index contributed by atoms with van der Waals surface area (Å²) in [6.45, 7) is 0. The predicted octanol–water partition coefficient (Wildman–Crippen LogP) is 10.8. The molecule has 0 aliphatic rings. The number of furan rings is 1. The van der Waals surface area contributed by atoms with Gasteiger partial charge in [-0.1, -0.05) is 72.8 Å². The minimum Gasteiger partial charge on any atom is -0.456 e. The van der Waals surface area contributed by atoms with Gasteiger partial charge in [-0.25, -0.2) is 0 Å². The summed E-state index contributed by atoms with van der Waals surface area (Å²) in [4.78, 5) is 2.17. The molecule has 0 atom stereocenters. The molecule has 1 heterocycles. The maximum atomic E-state index is 13.3. The van der Waals surface area contributed by atoms with Crippen molar-refractivity contribution < 1.29 is 30.2 Å². The molecule has 46 heavy (non-hydrogen) atoms. The Morgan fingerprint density at radius 2 is 1.11 bits per heavy atom. The van der Waals surface area contributed by atoms with Gasteiger partial charge in [-0.05, 0) is 70.1 Å². The number of alkyl halides is 3. The molecular formula is C37H20F3NO4S.